The summed E-state index contributed by atoms with van der Waals surface area (Å²) in [4.78, 5) is 66.0. The van der Waals surface area contributed by atoms with Crippen molar-refractivity contribution in [2.75, 3.05) is 11.9 Å². The summed E-state index contributed by atoms with van der Waals surface area (Å²) in [5.74, 6) is -3.04. The number of alkyl carbamates (subject to hydrolysis) is 1. The lowest BCUT2D eigenvalue weighted by molar-refractivity contribution is -0.133. The van der Waals surface area contributed by atoms with Crippen molar-refractivity contribution in [1.82, 2.24) is 26.0 Å². The fourth-order valence-electron chi connectivity index (χ4n) is 5.36. The van der Waals surface area contributed by atoms with Gasteiger partial charge < -0.3 is 31.3 Å². The van der Waals surface area contributed by atoms with Crippen molar-refractivity contribution in [3.8, 4) is 0 Å². The molecule has 3 aliphatic carbocycles. The van der Waals surface area contributed by atoms with Crippen molar-refractivity contribution < 1.29 is 37.1 Å². The molecule has 0 aliphatic heterocycles. The van der Waals surface area contributed by atoms with Crippen molar-refractivity contribution >= 4 is 45.6 Å². The maximum Gasteiger partial charge on any atom is 0.408 e. The molecule has 14 nitrogen and oxygen atoms in total. The molecule has 1 aromatic rings. The third-order valence-electron chi connectivity index (χ3n) is 8.35. The van der Waals surface area contributed by atoms with Gasteiger partial charge in [-0.1, -0.05) is 45.0 Å². The van der Waals surface area contributed by atoms with E-state index in [1.165, 1.54) is 6.08 Å². The summed E-state index contributed by atoms with van der Waals surface area (Å²) in [5, 5.41) is 12.3. The van der Waals surface area contributed by atoms with Crippen LogP contribution in [0, 0.1) is 11.3 Å². The molecular formula is C31H44N6O8S. The van der Waals surface area contributed by atoms with Gasteiger partial charge in [0, 0.05) is 18.2 Å². The third-order valence-corrected chi connectivity index (χ3v) is 10.2. The first kappa shape index (κ1) is 34.7. The van der Waals surface area contributed by atoms with E-state index in [-0.39, 0.29) is 12.5 Å². The zero-order valence-corrected chi connectivity index (χ0v) is 27.2. The zero-order valence-electron chi connectivity index (χ0n) is 26.4. The predicted octanol–water partition coefficient (Wildman–Crippen LogP) is 2.05. The van der Waals surface area contributed by atoms with Gasteiger partial charge in [0.05, 0.1) is 5.25 Å². The summed E-state index contributed by atoms with van der Waals surface area (Å²) < 4.78 is 32.6. The third kappa shape index (κ3) is 8.98. The SMILES string of the molecule is C=C[C@@H]1C[C@]1(NC(=O)[C@H](CNC(=O)Nc1ccccc1)NC(=O)[C@@H](NC(=O)OC1CCCC1)C(C)(C)C)C(=O)NS(=O)(=O)C1CC1. The predicted molar refractivity (Wildman–Crippen MR) is 170 cm³/mol. The minimum atomic E-state index is -3.91. The molecule has 0 radical (unpaired) electrons. The average molecular weight is 661 g/mol. The summed E-state index contributed by atoms with van der Waals surface area (Å²) in [6, 6.07) is 5.32. The van der Waals surface area contributed by atoms with Gasteiger partial charge in [0.2, 0.25) is 21.8 Å². The number of carbonyl (C=O) groups excluding carboxylic acids is 5. The molecule has 0 unspecified atom stereocenters. The molecule has 0 aromatic heterocycles. The van der Waals surface area contributed by atoms with Crippen molar-refractivity contribution in [2.24, 2.45) is 11.3 Å². The largest absolute Gasteiger partial charge is 0.446 e. The molecule has 4 atom stereocenters. The van der Waals surface area contributed by atoms with E-state index < -0.39 is 80.6 Å². The minimum Gasteiger partial charge on any atom is -0.446 e. The Bertz CT molecular complexity index is 1440. The Morgan fingerprint density at radius 2 is 1.65 bits per heavy atom. The quantitative estimate of drug-likeness (QED) is 0.173. The van der Waals surface area contributed by atoms with Crippen molar-refractivity contribution in [3.05, 3.63) is 43.0 Å². The van der Waals surface area contributed by atoms with Crippen LogP contribution in [0.25, 0.3) is 0 Å². The molecule has 252 valence electrons. The summed E-state index contributed by atoms with van der Waals surface area (Å²) >= 11 is 0. The molecule has 0 heterocycles. The summed E-state index contributed by atoms with van der Waals surface area (Å²) in [7, 11) is -3.91. The van der Waals surface area contributed by atoms with Gasteiger partial charge >= 0.3 is 12.1 Å². The molecule has 6 N–H and O–H groups in total. The highest BCUT2D eigenvalue weighted by Gasteiger charge is 2.61. The van der Waals surface area contributed by atoms with Crippen LogP contribution < -0.4 is 31.3 Å². The van der Waals surface area contributed by atoms with E-state index in [9.17, 15) is 32.4 Å². The Hall–Kier alpha value is -4.14. The smallest absolute Gasteiger partial charge is 0.408 e. The van der Waals surface area contributed by atoms with Crippen LogP contribution in [0.5, 0.6) is 0 Å². The number of ether oxygens (including phenoxy) is 1. The normalized spacial score (nSPS) is 22.4. The lowest BCUT2D eigenvalue weighted by Crippen LogP contribution is -2.62. The van der Waals surface area contributed by atoms with E-state index in [0.29, 0.717) is 18.5 Å². The van der Waals surface area contributed by atoms with Gasteiger partial charge in [0.1, 0.15) is 23.7 Å². The van der Waals surface area contributed by atoms with Gasteiger partial charge in [0.25, 0.3) is 5.91 Å². The van der Waals surface area contributed by atoms with Crippen molar-refractivity contribution in [1.29, 1.82) is 0 Å². The summed E-state index contributed by atoms with van der Waals surface area (Å²) in [5.41, 5.74) is -1.94. The van der Waals surface area contributed by atoms with Gasteiger partial charge in [-0.15, -0.1) is 6.58 Å². The molecule has 4 rings (SSSR count). The van der Waals surface area contributed by atoms with E-state index >= 15 is 0 Å². The monoisotopic (exact) mass is 660 g/mol. The number of hydrogen-bond donors (Lipinski definition) is 6. The second-order valence-electron chi connectivity index (χ2n) is 13.2. The van der Waals surface area contributed by atoms with Gasteiger partial charge in [-0.2, -0.15) is 0 Å². The van der Waals surface area contributed by atoms with Crippen LogP contribution in [0.3, 0.4) is 0 Å². The minimum absolute atomic E-state index is 0.0933. The second-order valence-corrected chi connectivity index (χ2v) is 15.2. The summed E-state index contributed by atoms with van der Waals surface area (Å²) in [6.07, 6.45) is 4.78. The number of hydrogen-bond acceptors (Lipinski definition) is 8. The molecule has 46 heavy (non-hydrogen) atoms. The standard InChI is InChI=1S/C31H44N6O8S/c1-5-19-17-31(19,27(40)37-46(43,44)22-15-16-22)36-25(38)23(18-32-28(41)33-20-11-7-6-8-12-20)34-26(39)24(30(2,3)4)35-29(42)45-21-13-9-10-14-21/h5-8,11-12,19,21-24H,1,9-10,13-18H2,2-4H3,(H,34,39)(H,35,42)(H,36,38)(H,37,40)(H2,32,33,41)/t19-,23+,24-,31-/m1/s1. The highest BCUT2D eigenvalue weighted by molar-refractivity contribution is 7.91. The van der Waals surface area contributed by atoms with Gasteiger partial charge in [-0.05, 0) is 62.5 Å². The number of carbonyl (C=O) groups is 5. The Kier molecular flexibility index (Phi) is 10.6. The number of para-hydroxylation sites is 1. The van der Waals surface area contributed by atoms with Gasteiger partial charge in [-0.3, -0.25) is 19.1 Å². The highest BCUT2D eigenvalue weighted by atomic mass is 32.2. The second kappa shape index (κ2) is 14.1. The first-order valence-corrected chi connectivity index (χ1v) is 17.1. The Balaban J connectivity index is 1.50. The Morgan fingerprint density at radius 1 is 1.00 bits per heavy atom. The number of sulfonamides is 1. The Morgan fingerprint density at radius 3 is 2.22 bits per heavy atom. The van der Waals surface area contributed by atoms with E-state index in [2.05, 4.69) is 37.9 Å². The van der Waals surface area contributed by atoms with E-state index in [4.69, 9.17) is 4.74 Å². The van der Waals surface area contributed by atoms with Crippen molar-refractivity contribution in [3.63, 3.8) is 0 Å². The van der Waals surface area contributed by atoms with Gasteiger partial charge in [-0.25, -0.2) is 18.0 Å². The average Bonchev–Trinajstić information content (AvgIpc) is 3.90. The number of amides is 6. The maximum absolute atomic E-state index is 13.7. The molecule has 0 saturated heterocycles. The molecule has 3 fully saturated rings. The molecule has 0 spiro atoms. The molecule has 1 aromatic carbocycles. The number of benzene rings is 1. The molecule has 3 saturated carbocycles. The molecule has 15 heteroatoms. The van der Waals surface area contributed by atoms with Crippen molar-refractivity contribution in [2.45, 2.75) is 94.7 Å². The summed E-state index contributed by atoms with van der Waals surface area (Å²) in [6.45, 7) is 8.47. The van der Waals surface area contributed by atoms with Crippen LogP contribution in [0.4, 0.5) is 15.3 Å². The first-order valence-electron chi connectivity index (χ1n) is 15.5. The number of urea groups is 1. The zero-order chi connectivity index (χ0) is 33.7. The van der Waals surface area contributed by atoms with Crippen LogP contribution in [0.15, 0.2) is 43.0 Å². The molecule has 3 aliphatic rings. The van der Waals surface area contributed by atoms with E-state index in [1.807, 2.05) is 0 Å². The van der Waals surface area contributed by atoms with E-state index in [1.54, 1.807) is 51.1 Å². The lowest BCUT2D eigenvalue weighted by atomic mass is 9.86. The van der Waals surface area contributed by atoms with Crippen LogP contribution >= 0.6 is 0 Å². The fourth-order valence-corrected chi connectivity index (χ4v) is 6.73. The highest BCUT2D eigenvalue weighted by Crippen LogP contribution is 2.45. The number of nitrogens with one attached hydrogen (secondary N) is 6. The van der Waals surface area contributed by atoms with Crippen LogP contribution in [0.1, 0.15) is 65.7 Å². The number of rotatable bonds is 13. The first-order chi connectivity index (χ1) is 21.6. The van der Waals surface area contributed by atoms with Crippen LogP contribution in [-0.4, -0.2) is 73.8 Å². The number of anilines is 1. The maximum atomic E-state index is 13.7. The lowest BCUT2D eigenvalue weighted by Gasteiger charge is -2.32. The molecular weight excluding hydrogens is 616 g/mol. The topological polar surface area (TPSA) is 201 Å². The Labute approximate surface area is 269 Å². The van der Waals surface area contributed by atoms with Gasteiger partial charge in [0.15, 0.2) is 0 Å². The van der Waals surface area contributed by atoms with Crippen LogP contribution in [-0.2, 0) is 29.1 Å². The van der Waals surface area contributed by atoms with Crippen LogP contribution in [0.2, 0.25) is 0 Å². The van der Waals surface area contributed by atoms with E-state index in [0.717, 1.165) is 25.7 Å². The fraction of sp³-hybridized carbons (Fsp3) is 0.581. The molecule has 0 bridgehead atoms. The molecule has 6 amide bonds.